The molecule has 0 aliphatic rings. The zero-order chi connectivity index (χ0) is 31.3. The van der Waals surface area contributed by atoms with Gasteiger partial charge in [-0.15, -0.1) is 0 Å². The number of Topliss-reactive ketones (excluding diaryl/α,β-unsaturated/α-hetero) is 1. The van der Waals surface area contributed by atoms with Crippen LogP contribution in [0.25, 0.3) is 0 Å². The van der Waals surface area contributed by atoms with Gasteiger partial charge in [-0.25, -0.2) is 4.79 Å². The Bertz CT molecular complexity index is 996. The first-order valence-corrected chi connectivity index (χ1v) is 14.2. The number of hydrogen-bond donors (Lipinski definition) is 0. The number of aryl methyl sites for hydroxylation is 1. The third-order valence-corrected chi connectivity index (χ3v) is 6.70. The third kappa shape index (κ3) is 14.0. The monoisotopic (exact) mass is 586 g/mol. The van der Waals surface area contributed by atoms with Gasteiger partial charge in [0.05, 0.1) is 12.2 Å². The number of halogens is 3. The molecule has 0 aliphatic carbocycles. The van der Waals surface area contributed by atoms with Gasteiger partial charge in [-0.3, -0.25) is 14.4 Å². The van der Waals surface area contributed by atoms with Crippen molar-refractivity contribution in [1.82, 2.24) is 0 Å². The molecule has 0 aliphatic heterocycles. The van der Waals surface area contributed by atoms with Gasteiger partial charge in [0, 0.05) is 13.3 Å². The number of unbranched alkanes of at least 4 members (excludes halogenated alkanes) is 1. The highest BCUT2D eigenvalue weighted by atomic mass is 19.4. The Kier molecular flexibility index (Phi) is 14.5. The van der Waals surface area contributed by atoms with Crippen molar-refractivity contribution in [2.45, 2.75) is 124 Å². The molecule has 0 amide bonds. The number of alkyl halides is 3. The number of benzene rings is 1. The molecule has 0 N–H and O–H groups in total. The van der Waals surface area contributed by atoms with Crippen molar-refractivity contribution in [3.05, 3.63) is 35.4 Å². The van der Waals surface area contributed by atoms with Crippen LogP contribution in [0.5, 0.6) is 0 Å². The van der Waals surface area contributed by atoms with E-state index in [9.17, 15) is 32.3 Å². The maximum atomic E-state index is 13.4. The zero-order valence-corrected chi connectivity index (χ0v) is 25.2. The molecule has 2 unspecified atom stereocenters. The van der Waals surface area contributed by atoms with E-state index in [4.69, 9.17) is 14.2 Å². The number of ether oxygens (including phenoxy) is 3. The number of rotatable bonds is 17. The Morgan fingerprint density at radius 3 is 1.93 bits per heavy atom. The van der Waals surface area contributed by atoms with Crippen LogP contribution in [0.15, 0.2) is 24.3 Å². The fraction of sp³-hybridized carbons (Fsp3) is 0.677. The first-order valence-electron chi connectivity index (χ1n) is 14.2. The van der Waals surface area contributed by atoms with Crippen LogP contribution < -0.4 is 0 Å². The van der Waals surface area contributed by atoms with Gasteiger partial charge in [0.2, 0.25) is 0 Å². The van der Waals surface area contributed by atoms with Crippen molar-refractivity contribution in [2.24, 2.45) is 5.41 Å². The second-order valence-corrected chi connectivity index (χ2v) is 11.4. The van der Waals surface area contributed by atoms with Crippen LogP contribution in [0.1, 0.15) is 115 Å². The minimum absolute atomic E-state index is 0.0721. The number of carbonyl (C=O) groups is 4. The molecule has 0 aromatic heterocycles. The topological polar surface area (TPSA) is 96.0 Å². The molecule has 0 radical (unpaired) electrons. The highest BCUT2D eigenvalue weighted by Crippen LogP contribution is 2.36. The summed E-state index contributed by atoms with van der Waals surface area (Å²) in [6.45, 7) is 9.77. The average molecular weight is 587 g/mol. The number of carbonyl (C=O) groups excluding carboxylic acids is 4. The van der Waals surface area contributed by atoms with E-state index in [-0.39, 0.29) is 44.5 Å². The summed E-state index contributed by atoms with van der Waals surface area (Å²) >= 11 is 0. The van der Waals surface area contributed by atoms with Crippen molar-refractivity contribution >= 4 is 23.7 Å². The van der Waals surface area contributed by atoms with E-state index >= 15 is 0 Å². The maximum Gasteiger partial charge on any atom is 0.389 e. The zero-order valence-electron chi connectivity index (χ0n) is 25.2. The van der Waals surface area contributed by atoms with Crippen LogP contribution in [0.4, 0.5) is 13.2 Å². The fourth-order valence-electron chi connectivity index (χ4n) is 4.64. The molecule has 0 heterocycles. The lowest BCUT2D eigenvalue weighted by Gasteiger charge is -2.33. The maximum absolute atomic E-state index is 13.4. The molecule has 1 aromatic rings. The van der Waals surface area contributed by atoms with E-state index in [1.165, 1.54) is 13.8 Å². The van der Waals surface area contributed by atoms with Crippen molar-refractivity contribution in [3.8, 4) is 0 Å². The van der Waals surface area contributed by atoms with E-state index in [0.717, 1.165) is 5.56 Å². The number of hydrogen-bond acceptors (Lipinski definition) is 7. The van der Waals surface area contributed by atoms with Gasteiger partial charge in [-0.05, 0) is 110 Å². The summed E-state index contributed by atoms with van der Waals surface area (Å²) in [5, 5.41) is 0. The molecule has 10 heteroatoms. The predicted molar refractivity (Wildman–Crippen MR) is 148 cm³/mol. The van der Waals surface area contributed by atoms with Gasteiger partial charge in [-0.1, -0.05) is 12.1 Å². The molecule has 7 nitrogen and oxygen atoms in total. The molecule has 1 aromatic carbocycles. The molecule has 0 saturated heterocycles. The normalized spacial score (nSPS) is 14.1. The summed E-state index contributed by atoms with van der Waals surface area (Å²) in [6.07, 6.45) is -3.28. The Labute approximate surface area is 241 Å². The summed E-state index contributed by atoms with van der Waals surface area (Å²) in [4.78, 5) is 49.9. The van der Waals surface area contributed by atoms with Gasteiger partial charge >= 0.3 is 24.1 Å². The molecule has 0 bridgehead atoms. The number of esters is 3. The van der Waals surface area contributed by atoms with Crippen molar-refractivity contribution < 1.29 is 46.6 Å². The molecule has 41 heavy (non-hydrogen) atoms. The summed E-state index contributed by atoms with van der Waals surface area (Å²) < 4.78 is 53.5. The van der Waals surface area contributed by atoms with Gasteiger partial charge < -0.3 is 14.2 Å². The minimum atomic E-state index is -4.24. The largest absolute Gasteiger partial charge is 0.463 e. The second-order valence-electron chi connectivity index (χ2n) is 11.4. The van der Waals surface area contributed by atoms with E-state index in [2.05, 4.69) is 0 Å². The van der Waals surface area contributed by atoms with Gasteiger partial charge in [0.1, 0.15) is 22.9 Å². The molecular formula is C31H45F3O7. The van der Waals surface area contributed by atoms with E-state index in [1.807, 2.05) is 0 Å². The van der Waals surface area contributed by atoms with Crippen molar-refractivity contribution in [3.63, 3.8) is 0 Å². The molecule has 232 valence electrons. The lowest BCUT2D eigenvalue weighted by atomic mass is 9.74. The Hall–Kier alpha value is -2.91. The smallest absolute Gasteiger partial charge is 0.389 e. The van der Waals surface area contributed by atoms with Gasteiger partial charge in [-0.2, -0.15) is 13.2 Å². The molecule has 2 atom stereocenters. The molecule has 0 spiro atoms. The summed E-state index contributed by atoms with van der Waals surface area (Å²) in [5.41, 5.74) is -0.883. The molecule has 0 fully saturated rings. The van der Waals surface area contributed by atoms with E-state index in [0.29, 0.717) is 31.2 Å². The highest BCUT2D eigenvalue weighted by molar-refractivity contribution is 6.02. The third-order valence-electron chi connectivity index (χ3n) is 6.70. The highest BCUT2D eigenvalue weighted by Gasteiger charge is 2.45. The summed E-state index contributed by atoms with van der Waals surface area (Å²) in [6, 6.07) is 6.95. The quantitative estimate of drug-likeness (QED) is 0.0816. The molecule has 0 saturated carbocycles. The lowest BCUT2D eigenvalue weighted by Crippen LogP contribution is -2.43. The Balaban J connectivity index is 2.97. The number of ketones is 1. The van der Waals surface area contributed by atoms with Gasteiger partial charge in [0.15, 0.2) is 0 Å². The van der Waals surface area contributed by atoms with Crippen molar-refractivity contribution in [1.29, 1.82) is 0 Å². The van der Waals surface area contributed by atoms with E-state index in [1.54, 1.807) is 52.0 Å². The molecule has 1 rings (SSSR count). The minimum Gasteiger partial charge on any atom is -0.463 e. The standard InChI is InChI=1S/C31H45F3O7/c1-7-39-27(37)25-17-15-24(16-18-25)12-10-19-30(22(2)35,28(38)41-29(4,5)6)20-11-14-26(40-23(3)36)13-8-9-21-31(32,33)34/h15-18,26H,7-14,19-21H2,1-6H3. The average Bonchev–Trinajstić information content (AvgIpc) is 2.83. The lowest BCUT2D eigenvalue weighted by molar-refractivity contribution is -0.171. The Morgan fingerprint density at radius 2 is 1.41 bits per heavy atom. The van der Waals surface area contributed by atoms with Crippen LogP contribution in [0, 0.1) is 5.41 Å². The first kappa shape index (κ1) is 36.1. The first-order chi connectivity index (χ1) is 19.0. The summed E-state index contributed by atoms with van der Waals surface area (Å²) in [5.74, 6) is -1.90. The van der Waals surface area contributed by atoms with Crippen LogP contribution in [-0.4, -0.2) is 48.2 Å². The predicted octanol–water partition coefficient (Wildman–Crippen LogP) is 7.33. The fourth-order valence-corrected chi connectivity index (χ4v) is 4.64. The summed E-state index contributed by atoms with van der Waals surface area (Å²) in [7, 11) is 0. The van der Waals surface area contributed by atoms with Crippen LogP contribution >= 0.6 is 0 Å². The second kappa shape index (κ2) is 16.5. The Morgan fingerprint density at radius 1 is 0.829 bits per heavy atom. The SMILES string of the molecule is CCOC(=O)c1ccc(CCCC(CCCC(CCCCC(F)(F)F)OC(C)=O)(C(C)=O)C(=O)OC(C)(C)C)cc1. The van der Waals surface area contributed by atoms with Crippen LogP contribution in [0.2, 0.25) is 0 Å². The van der Waals surface area contributed by atoms with Crippen LogP contribution in [-0.2, 0) is 35.0 Å². The van der Waals surface area contributed by atoms with Crippen LogP contribution in [0.3, 0.4) is 0 Å². The van der Waals surface area contributed by atoms with Crippen molar-refractivity contribution in [2.75, 3.05) is 6.61 Å². The van der Waals surface area contributed by atoms with Gasteiger partial charge in [0.25, 0.3) is 0 Å². The molecular weight excluding hydrogens is 541 g/mol. The van der Waals surface area contributed by atoms with E-state index < -0.39 is 47.6 Å².